The Hall–Kier alpha value is -2.73. The zero-order chi connectivity index (χ0) is 49.3. The van der Waals surface area contributed by atoms with Gasteiger partial charge in [0.25, 0.3) is 0 Å². The van der Waals surface area contributed by atoms with Crippen molar-refractivity contribution in [3.05, 3.63) is 0 Å². The van der Waals surface area contributed by atoms with E-state index in [9.17, 15) is 29.1 Å². The molecular formula is C55H104N2O10. The first-order chi connectivity index (χ1) is 32.7. The molecule has 0 radical (unpaired) electrons. The molecule has 0 heterocycles. The Kier molecular flexibility index (Phi) is 47.7. The van der Waals surface area contributed by atoms with Crippen molar-refractivity contribution in [2.45, 2.75) is 264 Å². The summed E-state index contributed by atoms with van der Waals surface area (Å²) in [6, 6.07) is -0.908. The topological polar surface area (TPSA) is 149 Å². The summed E-state index contributed by atoms with van der Waals surface area (Å²) in [5, 5.41) is 10.4. The summed E-state index contributed by atoms with van der Waals surface area (Å²) in [5.41, 5.74) is 0. The quantitative estimate of drug-likeness (QED) is 0.0351. The number of methoxy groups -OCH3 is 1. The Morgan fingerprint density at radius 1 is 0.373 bits per heavy atom. The Bertz CT molecular complexity index is 1130. The van der Waals surface area contributed by atoms with Gasteiger partial charge in [0.1, 0.15) is 6.04 Å². The van der Waals surface area contributed by atoms with E-state index in [1.54, 1.807) is 4.90 Å². The lowest BCUT2D eigenvalue weighted by atomic mass is 10.1. The molecule has 0 bridgehead atoms. The van der Waals surface area contributed by atoms with Gasteiger partial charge in [-0.3, -0.25) is 28.9 Å². The van der Waals surface area contributed by atoms with E-state index in [4.69, 9.17) is 18.9 Å². The van der Waals surface area contributed by atoms with Gasteiger partial charge < -0.3 is 29.0 Å². The van der Waals surface area contributed by atoms with Gasteiger partial charge in [0.15, 0.2) is 0 Å². The third-order valence-electron chi connectivity index (χ3n) is 12.9. The van der Waals surface area contributed by atoms with Crippen molar-refractivity contribution in [2.75, 3.05) is 59.7 Å². The van der Waals surface area contributed by atoms with Crippen LogP contribution in [0.15, 0.2) is 0 Å². The van der Waals surface area contributed by atoms with Gasteiger partial charge in [-0.25, -0.2) is 0 Å². The van der Waals surface area contributed by atoms with Crippen LogP contribution in [0.5, 0.6) is 0 Å². The van der Waals surface area contributed by atoms with E-state index in [1.807, 2.05) is 4.90 Å². The zero-order valence-electron chi connectivity index (χ0n) is 43.9. The van der Waals surface area contributed by atoms with Crippen molar-refractivity contribution in [2.24, 2.45) is 0 Å². The lowest BCUT2D eigenvalue weighted by Gasteiger charge is -2.29. The van der Waals surface area contributed by atoms with Crippen LogP contribution in [-0.4, -0.2) is 110 Å². The van der Waals surface area contributed by atoms with Crippen LogP contribution in [0.3, 0.4) is 0 Å². The molecule has 12 nitrogen and oxygen atoms in total. The zero-order valence-corrected chi connectivity index (χ0v) is 43.9. The van der Waals surface area contributed by atoms with Gasteiger partial charge >= 0.3 is 29.8 Å². The fourth-order valence-corrected chi connectivity index (χ4v) is 8.51. The van der Waals surface area contributed by atoms with Crippen LogP contribution in [0.4, 0.5) is 0 Å². The summed E-state index contributed by atoms with van der Waals surface area (Å²) in [4.78, 5) is 66.8. The number of carbonyl (C=O) groups excluding carboxylic acids is 4. The SMILES string of the molecule is CCCCCCCCCCCCOC(=O)CCN(CCCCC(C(=O)O)N(CCC(=O)OCCCCCCCCCCCC)CCC(=O)OCCCCCCCCCCCC)CCC(=O)OC. The molecule has 12 heteroatoms. The number of rotatable bonds is 52. The normalized spacial score (nSPS) is 11.9. The highest BCUT2D eigenvalue weighted by Crippen LogP contribution is 2.16. The monoisotopic (exact) mass is 953 g/mol. The average Bonchev–Trinajstić information content (AvgIpc) is 3.32. The first kappa shape index (κ1) is 64.3. The number of hydrogen-bond donors (Lipinski definition) is 1. The number of carbonyl (C=O) groups is 5. The molecule has 1 atom stereocenters. The second-order valence-corrected chi connectivity index (χ2v) is 19.0. The number of hydrogen-bond acceptors (Lipinski definition) is 11. The Balaban J connectivity index is 5.09. The van der Waals surface area contributed by atoms with E-state index < -0.39 is 12.0 Å². The molecule has 0 rings (SSSR count). The number of carboxylic acid groups (broad SMARTS) is 1. The van der Waals surface area contributed by atoms with E-state index in [2.05, 4.69) is 20.8 Å². The number of esters is 4. The van der Waals surface area contributed by atoms with E-state index in [1.165, 1.54) is 142 Å². The Morgan fingerprint density at radius 2 is 0.672 bits per heavy atom. The van der Waals surface area contributed by atoms with E-state index in [-0.39, 0.29) is 62.7 Å². The van der Waals surface area contributed by atoms with Crippen molar-refractivity contribution in [3.63, 3.8) is 0 Å². The second kappa shape index (κ2) is 49.7. The van der Waals surface area contributed by atoms with Gasteiger partial charge in [-0.2, -0.15) is 0 Å². The van der Waals surface area contributed by atoms with Gasteiger partial charge in [-0.1, -0.05) is 201 Å². The van der Waals surface area contributed by atoms with Crippen molar-refractivity contribution >= 4 is 29.8 Å². The molecule has 0 aromatic heterocycles. The molecule has 0 spiro atoms. The molecular weight excluding hydrogens is 849 g/mol. The molecule has 1 unspecified atom stereocenters. The van der Waals surface area contributed by atoms with E-state index >= 15 is 0 Å². The Morgan fingerprint density at radius 3 is 0.985 bits per heavy atom. The number of aliphatic carboxylic acids is 1. The second-order valence-electron chi connectivity index (χ2n) is 19.0. The predicted octanol–water partition coefficient (Wildman–Crippen LogP) is 13.3. The average molecular weight is 953 g/mol. The first-order valence-electron chi connectivity index (χ1n) is 27.9. The summed E-state index contributed by atoms with van der Waals surface area (Å²) in [6.07, 6.45) is 37.8. The van der Waals surface area contributed by atoms with Crippen molar-refractivity contribution in [1.29, 1.82) is 0 Å². The molecule has 67 heavy (non-hydrogen) atoms. The minimum atomic E-state index is -1.01. The smallest absolute Gasteiger partial charge is 0.320 e. The third kappa shape index (κ3) is 44.2. The molecule has 394 valence electrons. The van der Waals surface area contributed by atoms with Crippen LogP contribution in [-0.2, 0) is 42.9 Å². The molecule has 0 saturated carbocycles. The first-order valence-corrected chi connectivity index (χ1v) is 27.9. The largest absolute Gasteiger partial charge is 0.480 e. The lowest BCUT2D eigenvalue weighted by Crippen LogP contribution is -2.43. The summed E-state index contributed by atoms with van der Waals surface area (Å²) in [5.74, 6) is -2.33. The van der Waals surface area contributed by atoms with Gasteiger partial charge in [-0.05, 0) is 38.6 Å². The molecule has 1 N–H and O–H groups in total. The highest BCUT2D eigenvalue weighted by atomic mass is 16.5. The summed E-state index contributed by atoms with van der Waals surface area (Å²) in [6.45, 7) is 9.53. The number of nitrogens with zero attached hydrogens (tertiary/aromatic N) is 2. The van der Waals surface area contributed by atoms with Crippen LogP contribution in [0.25, 0.3) is 0 Å². The minimum absolute atomic E-state index is 0.0335. The molecule has 0 aliphatic rings. The fourth-order valence-electron chi connectivity index (χ4n) is 8.51. The van der Waals surface area contributed by atoms with Gasteiger partial charge in [0.05, 0.1) is 52.6 Å². The molecule has 0 aromatic rings. The van der Waals surface area contributed by atoms with Crippen LogP contribution in [0, 0.1) is 0 Å². The van der Waals surface area contributed by atoms with E-state index in [0.29, 0.717) is 58.7 Å². The van der Waals surface area contributed by atoms with Crippen LogP contribution < -0.4 is 0 Å². The number of unbranched alkanes of at least 4 members (excludes halogenated alkanes) is 28. The summed E-state index contributed by atoms with van der Waals surface area (Å²) < 4.78 is 21.5. The summed E-state index contributed by atoms with van der Waals surface area (Å²) >= 11 is 0. The van der Waals surface area contributed by atoms with Crippen molar-refractivity contribution < 1.29 is 48.0 Å². The fraction of sp³-hybridized carbons (Fsp3) is 0.909. The maximum Gasteiger partial charge on any atom is 0.320 e. The molecule has 0 amide bonds. The van der Waals surface area contributed by atoms with E-state index in [0.717, 1.165) is 57.8 Å². The van der Waals surface area contributed by atoms with Gasteiger partial charge in [0, 0.05) is 26.2 Å². The maximum absolute atomic E-state index is 12.8. The van der Waals surface area contributed by atoms with Gasteiger partial charge in [-0.15, -0.1) is 0 Å². The highest BCUT2D eigenvalue weighted by Gasteiger charge is 2.27. The highest BCUT2D eigenvalue weighted by molar-refractivity contribution is 5.74. The maximum atomic E-state index is 12.8. The lowest BCUT2D eigenvalue weighted by molar-refractivity contribution is -0.149. The molecule has 0 aliphatic heterocycles. The third-order valence-corrected chi connectivity index (χ3v) is 12.9. The summed E-state index contributed by atoms with van der Waals surface area (Å²) in [7, 11) is 1.35. The van der Waals surface area contributed by atoms with Gasteiger partial charge in [0.2, 0.25) is 0 Å². The molecule has 0 aromatic carbocycles. The molecule has 0 saturated heterocycles. The predicted molar refractivity (Wildman–Crippen MR) is 272 cm³/mol. The minimum Gasteiger partial charge on any atom is -0.480 e. The number of ether oxygens (including phenoxy) is 4. The Labute approximate surface area is 410 Å². The standard InChI is InChI=1S/C55H104N2O10/c1-5-8-11-14-17-20-23-26-29-34-47-65-52(59)39-44-56(43-38-51(58)64-4)42-33-32-37-50(55(62)63)57(45-40-53(60)66-48-35-30-27-24-21-18-15-12-9-6-2)46-41-54(61)67-49-36-31-28-25-22-19-16-13-10-7-3/h50H,5-49H2,1-4H3,(H,62,63). The molecule has 0 fully saturated rings. The van der Waals surface area contributed by atoms with Crippen molar-refractivity contribution in [3.8, 4) is 0 Å². The van der Waals surface area contributed by atoms with Crippen LogP contribution in [0.1, 0.15) is 258 Å². The van der Waals surface area contributed by atoms with Crippen LogP contribution >= 0.6 is 0 Å². The molecule has 0 aliphatic carbocycles. The van der Waals surface area contributed by atoms with Crippen LogP contribution in [0.2, 0.25) is 0 Å². The van der Waals surface area contributed by atoms with Crippen molar-refractivity contribution in [1.82, 2.24) is 9.80 Å². The number of carboxylic acids is 1.